The molecule has 1 saturated heterocycles. The van der Waals surface area contributed by atoms with Crippen molar-refractivity contribution in [2.75, 3.05) is 26.9 Å². The molecule has 1 aromatic carbocycles. The molecule has 20 heavy (non-hydrogen) atoms. The van der Waals surface area contributed by atoms with Crippen molar-refractivity contribution in [1.29, 1.82) is 0 Å². The van der Waals surface area contributed by atoms with Gasteiger partial charge in [0.1, 0.15) is 12.4 Å². The lowest BCUT2D eigenvalue weighted by Crippen LogP contribution is -2.18. The molecule has 1 heterocycles. The molecule has 112 valence electrons. The summed E-state index contributed by atoms with van der Waals surface area (Å²) in [5, 5.41) is 0. The maximum Gasteiger partial charge on any atom is 0.133 e. The van der Waals surface area contributed by atoms with Crippen LogP contribution in [0.1, 0.15) is 30.9 Å². The lowest BCUT2D eigenvalue weighted by molar-refractivity contribution is 0.0983. The summed E-state index contributed by atoms with van der Waals surface area (Å²) in [6.07, 6.45) is 3.44. The highest BCUT2D eigenvalue weighted by atomic mass is 79.9. The quantitative estimate of drug-likeness (QED) is 0.773. The van der Waals surface area contributed by atoms with Crippen molar-refractivity contribution in [2.45, 2.75) is 31.4 Å². The summed E-state index contributed by atoms with van der Waals surface area (Å²) in [6, 6.07) is 6.00. The Morgan fingerprint density at radius 2 is 2.30 bits per heavy atom. The van der Waals surface area contributed by atoms with Crippen LogP contribution < -0.4 is 10.5 Å². The molecule has 1 aliphatic heterocycles. The first-order chi connectivity index (χ1) is 9.70. The Balaban J connectivity index is 1.92. The minimum atomic E-state index is 0.00225. The van der Waals surface area contributed by atoms with Crippen LogP contribution in [0.4, 0.5) is 0 Å². The van der Waals surface area contributed by atoms with Gasteiger partial charge in [-0.3, -0.25) is 0 Å². The molecule has 4 nitrogen and oxygen atoms in total. The number of ether oxygens (including phenoxy) is 3. The molecule has 1 fully saturated rings. The lowest BCUT2D eigenvalue weighted by atomic mass is 10.00. The summed E-state index contributed by atoms with van der Waals surface area (Å²) in [6.45, 7) is 1.98. The van der Waals surface area contributed by atoms with Crippen molar-refractivity contribution < 1.29 is 14.2 Å². The normalized spacial score (nSPS) is 20.1. The molecule has 0 aromatic heterocycles. The second kappa shape index (κ2) is 7.98. The van der Waals surface area contributed by atoms with Gasteiger partial charge in [0, 0.05) is 19.8 Å². The highest BCUT2D eigenvalue weighted by Gasteiger charge is 2.20. The zero-order valence-corrected chi connectivity index (χ0v) is 13.4. The van der Waals surface area contributed by atoms with E-state index in [4.69, 9.17) is 19.9 Å². The number of nitrogens with two attached hydrogens (primary N) is 1. The number of rotatable bonds is 7. The van der Waals surface area contributed by atoms with Crippen LogP contribution in [-0.4, -0.2) is 33.0 Å². The van der Waals surface area contributed by atoms with Crippen LogP contribution in [0.5, 0.6) is 5.75 Å². The van der Waals surface area contributed by atoms with Gasteiger partial charge in [-0.2, -0.15) is 0 Å². The van der Waals surface area contributed by atoms with Gasteiger partial charge in [-0.05, 0) is 52.9 Å². The first kappa shape index (κ1) is 15.8. The van der Waals surface area contributed by atoms with E-state index in [-0.39, 0.29) is 6.04 Å². The highest BCUT2D eigenvalue weighted by Crippen LogP contribution is 2.30. The SMILES string of the molecule is COCCOc1ccc(C(N)CC2CCCO2)cc1Br. The van der Waals surface area contributed by atoms with Gasteiger partial charge >= 0.3 is 0 Å². The average Bonchev–Trinajstić information content (AvgIpc) is 2.93. The van der Waals surface area contributed by atoms with Gasteiger partial charge in [0.2, 0.25) is 0 Å². The topological polar surface area (TPSA) is 53.7 Å². The molecule has 5 heteroatoms. The fourth-order valence-electron chi connectivity index (χ4n) is 2.35. The molecule has 0 radical (unpaired) electrons. The zero-order chi connectivity index (χ0) is 14.4. The second-order valence-electron chi connectivity index (χ2n) is 5.01. The van der Waals surface area contributed by atoms with Gasteiger partial charge in [0.15, 0.2) is 0 Å². The average molecular weight is 344 g/mol. The summed E-state index contributed by atoms with van der Waals surface area (Å²) in [4.78, 5) is 0. The fourth-order valence-corrected chi connectivity index (χ4v) is 2.86. The summed E-state index contributed by atoms with van der Waals surface area (Å²) < 4.78 is 17.1. The fraction of sp³-hybridized carbons (Fsp3) is 0.600. The van der Waals surface area contributed by atoms with Gasteiger partial charge < -0.3 is 19.9 Å². The summed E-state index contributed by atoms with van der Waals surface area (Å²) >= 11 is 3.53. The maximum atomic E-state index is 6.25. The molecule has 0 spiro atoms. The second-order valence-corrected chi connectivity index (χ2v) is 5.86. The van der Waals surface area contributed by atoms with Crippen molar-refractivity contribution in [3.63, 3.8) is 0 Å². The Morgan fingerprint density at radius 1 is 1.45 bits per heavy atom. The van der Waals surface area contributed by atoms with Gasteiger partial charge in [0.25, 0.3) is 0 Å². The largest absolute Gasteiger partial charge is 0.490 e. The van der Waals surface area contributed by atoms with Gasteiger partial charge in [-0.1, -0.05) is 6.07 Å². The van der Waals surface area contributed by atoms with Gasteiger partial charge in [-0.15, -0.1) is 0 Å². The molecule has 1 aliphatic rings. The predicted octanol–water partition coefficient (Wildman–Crippen LogP) is 3.04. The third-order valence-corrected chi connectivity index (χ3v) is 4.09. The minimum absolute atomic E-state index is 0.00225. The molecule has 0 bridgehead atoms. The molecule has 0 amide bonds. The standard InChI is InChI=1S/C15H22BrNO3/c1-18-7-8-20-15-5-4-11(9-13(15)16)14(17)10-12-3-2-6-19-12/h4-5,9,12,14H,2-3,6-8,10,17H2,1H3. The van der Waals surface area contributed by atoms with E-state index in [0.717, 1.165) is 41.7 Å². The first-order valence-corrected chi connectivity index (χ1v) is 7.78. The van der Waals surface area contributed by atoms with E-state index in [2.05, 4.69) is 15.9 Å². The molecule has 2 atom stereocenters. The van der Waals surface area contributed by atoms with Crippen molar-refractivity contribution >= 4 is 15.9 Å². The van der Waals surface area contributed by atoms with Crippen molar-refractivity contribution in [3.05, 3.63) is 28.2 Å². The van der Waals surface area contributed by atoms with E-state index in [1.54, 1.807) is 7.11 Å². The molecule has 2 unspecified atom stereocenters. The van der Waals surface area contributed by atoms with Gasteiger partial charge in [0.05, 0.1) is 17.2 Å². The Bertz CT molecular complexity index is 422. The van der Waals surface area contributed by atoms with Crippen LogP contribution in [0.3, 0.4) is 0 Å². The molecule has 1 aromatic rings. The van der Waals surface area contributed by atoms with E-state index in [9.17, 15) is 0 Å². The van der Waals surface area contributed by atoms with Crippen LogP contribution >= 0.6 is 15.9 Å². The van der Waals surface area contributed by atoms with Crippen molar-refractivity contribution in [3.8, 4) is 5.75 Å². The van der Waals surface area contributed by atoms with Crippen LogP contribution in [0, 0.1) is 0 Å². The lowest BCUT2D eigenvalue weighted by Gasteiger charge is -2.17. The smallest absolute Gasteiger partial charge is 0.133 e. The molecule has 2 N–H and O–H groups in total. The van der Waals surface area contributed by atoms with Crippen LogP contribution in [0.2, 0.25) is 0 Å². The maximum absolute atomic E-state index is 6.25. The Morgan fingerprint density at radius 3 is 2.95 bits per heavy atom. The number of benzene rings is 1. The third kappa shape index (κ3) is 4.45. The zero-order valence-electron chi connectivity index (χ0n) is 11.8. The number of halogens is 1. The van der Waals surface area contributed by atoms with E-state index >= 15 is 0 Å². The van der Waals surface area contributed by atoms with Gasteiger partial charge in [-0.25, -0.2) is 0 Å². The van der Waals surface area contributed by atoms with Crippen LogP contribution in [0.15, 0.2) is 22.7 Å². The Kier molecular flexibility index (Phi) is 6.29. The monoisotopic (exact) mass is 343 g/mol. The third-order valence-electron chi connectivity index (χ3n) is 3.47. The Labute approximate surface area is 128 Å². The highest BCUT2D eigenvalue weighted by molar-refractivity contribution is 9.10. The van der Waals surface area contributed by atoms with Crippen LogP contribution in [-0.2, 0) is 9.47 Å². The molecule has 2 rings (SSSR count). The Hall–Kier alpha value is -0.620. The summed E-state index contributed by atoms with van der Waals surface area (Å²) in [5.74, 6) is 0.815. The van der Waals surface area contributed by atoms with E-state index in [0.29, 0.717) is 19.3 Å². The van der Waals surface area contributed by atoms with Crippen molar-refractivity contribution in [2.24, 2.45) is 5.73 Å². The molecule has 0 saturated carbocycles. The van der Waals surface area contributed by atoms with E-state index in [1.807, 2.05) is 18.2 Å². The van der Waals surface area contributed by atoms with E-state index in [1.165, 1.54) is 0 Å². The first-order valence-electron chi connectivity index (χ1n) is 6.99. The number of methoxy groups -OCH3 is 1. The number of hydrogen-bond donors (Lipinski definition) is 1. The van der Waals surface area contributed by atoms with Crippen LogP contribution in [0.25, 0.3) is 0 Å². The summed E-state index contributed by atoms with van der Waals surface area (Å²) in [7, 11) is 1.66. The number of hydrogen-bond acceptors (Lipinski definition) is 4. The summed E-state index contributed by atoms with van der Waals surface area (Å²) in [5.41, 5.74) is 7.36. The minimum Gasteiger partial charge on any atom is -0.490 e. The molecular formula is C15H22BrNO3. The molecule has 0 aliphatic carbocycles. The predicted molar refractivity (Wildman–Crippen MR) is 82.0 cm³/mol. The molecular weight excluding hydrogens is 322 g/mol. The van der Waals surface area contributed by atoms with E-state index < -0.39 is 0 Å². The van der Waals surface area contributed by atoms with Crippen molar-refractivity contribution in [1.82, 2.24) is 0 Å².